The van der Waals surface area contributed by atoms with Gasteiger partial charge in [-0.15, -0.1) is 0 Å². The van der Waals surface area contributed by atoms with Crippen molar-refractivity contribution in [3.05, 3.63) is 53.1 Å². The molecule has 7 nitrogen and oxygen atoms in total. The van der Waals surface area contributed by atoms with Crippen LogP contribution in [0.15, 0.2) is 41.3 Å². The van der Waals surface area contributed by atoms with E-state index in [0.717, 1.165) is 0 Å². The molecular weight excluding hydrogens is 358 g/mol. The van der Waals surface area contributed by atoms with Crippen LogP contribution in [-0.4, -0.2) is 35.7 Å². The molecule has 8 heteroatoms. The number of methoxy groups -OCH3 is 3. The first kappa shape index (κ1) is 19.7. The zero-order chi connectivity index (χ0) is 19.3. The third-order valence-corrected chi connectivity index (χ3v) is 5.41. The summed E-state index contributed by atoms with van der Waals surface area (Å²) >= 11 is 0. The zero-order valence-electron chi connectivity index (χ0n) is 15.0. The van der Waals surface area contributed by atoms with Crippen molar-refractivity contribution in [3.63, 3.8) is 0 Å². The van der Waals surface area contributed by atoms with E-state index in [9.17, 15) is 13.2 Å². The van der Waals surface area contributed by atoms with E-state index in [1.807, 2.05) is 0 Å². The largest absolute Gasteiger partial charge is 0.496 e. The van der Waals surface area contributed by atoms with Crippen molar-refractivity contribution in [2.24, 2.45) is 0 Å². The van der Waals surface area contributed by atoms with Crippen LogP contribution < -0.4 is 14.2 Å². The molecule has 140 valence electrons. The lowest BCUT2D eigenvalue weighted by Crippen LogP contribution is -2.25. The van der Waals surface area contributed by atoms with Crippen molar-refractivity contribution in [3.8, 4) is 11.5 Å². The van der Waals surface area contributed by atoms with Gasteiger partial charge in [-0.1, -0.05) is 12.1 Å². The van der Waals surface area contributed by atoms with Gasteiger partial charge in [0.05, 0.1) is 37.4 Å². The molecule has 0 bridgehead atoms. The Morgan fingerprint density at radius 1 is 1.04 bits per heavy atom. The number of aryl methyl sites for hydroxylation is 1. The fourth-order valence-electron chi connectivity index (χ4n) is 2.48. The highest BCUT2D eigenvalue weighted by atomic mass is 32.2. The van der Waals surface area contributed by atoms with Crippen LogP contribution in [-0.2, 0) is 21.3 Å². The smallest absolute Gasteiger partial charge is 0.337 e. The quantitative estimate of drug-likeness (QED) is 0.742. The first-order valence-corrected chi connectivity index (χ1v) is 9.21. The molecule has 0 aromatic heterocycles. The van der Waals surface area contributed by atoms with Crippen LogP contribution in [0.2, 0.25) is 0 Å². The molecule has 1 N–H and O–H groups in total. The summed E-state index contributed by atoms with van der Waals surface area (Å²) in [4.78, 5) is 11.7. The van der Waals surface area contributed by atoms with Crippen molar-refractivity contribution in [1.82, 2.24) is 4.72 Å². The molecule has 0 fully saturated rings. The van der Waals surface area contributed by atoms with E-state index in [4.69, 9.17) is 9.47 Å². The number of carbonyl (C=O) groups excluding carboxylic acids is 1. The van der Waals surface area contributed by atoms with Gasteiger partial charge >= 0.3 is 5.97 Å². The van der Waals surface area contributed by atoms with Crippen LogP contribution in [0.5, 0.6) is 11.5 Å². The van der Waals surface area contributed by atoms with Crippen LogP contribution in [0, 0.1) is 6.92 Å². The summed E-state index contributed by atoms with van der Waals surface area (Å²) in [5.41, 5.74) is 1.24. The van der Waals surface area contributed by atoms with Gasteiger partial charge in [-0.25, -0.2) is 17.9 Å². The van der Waals surface area contributed by atoms with Gasteiger partial charge in [-0.05, 0) is 36.8 Å². The van der Waals surface area contributed by atoms with Crippen molar-refractivity contribution in [2.45, 2.75) is 18.4 Å². The van der Waals surface area contributed by atoms with Gasteiger partial charge in [0.1, 0.15) is 11.5 Å². The molecule has 0 aliphatic carbocycles. The van der Waals surface area contributed by atoms with Gasteiger partial charge in [-0.2, -0.15) is 0 Å². The molecule has 2 aromatic carbocycles. The molecule has 0 saturated heterocycles. The Bertz CT molecular complexity index is 886. The average Bonchev–Trinajstić information content (AvgIpc) is 2.65. The average molecular weight is 379 g/mol. The Balaban J connectivity index is 2.35. The lowest BCUT2D eigenvalue weighted by atomic mass is 10.1. The summed E-state index contributed by atoms with van der Waals surface area (Å²) in [5, 5.41) is 0. The second-order valence-electron chi connectivity index (χ2n) is 5.44. The molecule has 0 spiro atoms. The number of nitrogens with one attached hydrogen (secondary N) is 1. The van der Waals surface area contributed by atoms with Gasteiger partial charge in [0.25, 0.3) is 0 Å². The summed E-state index contributed by atoms with van der Waals surface area (Å²) in [7, 11) is 0.360. The van der Waals surface area contributed by atoms with Crippen LogP contribution >= 0.6 is 0 Å². The molecule has 26 heavy (non-hydrogen) atoms. The Morgan fingerprint density at radius 3 is 2.19 bits per heavy atom. The van der Waals surface area contributed by atoms with Gasteiger partial charge in [0, 0.05) is 6.54 Å². The zero-order valence-corrected chi connectivity index (χ0v) is 15.8. The maximum absolute atomic E-state index is 12.7. The highest BCUT2D eigenvalue weighted by Gasteiger charge is 2.21. The number of esters is 1. The second kappa shape index (κ2) is 8.20. The van der Waals surface area contributed by atoms with E-state index in [1.54, 1.807) is 31.2 Å². The minimum Gasteiger partial charge on any atom is -0.496 e. The third kappa shape index (κ3) is 4.14. The topological polar surface area (TPSA) is 90.9 Å². The van der Waals surface area contributed by atoms with Crippen molar-refractivity contribution >= 4 is 16.0 Å². The van der Waals surface area contributed by atoms with Gasteiger partial charge in [0.2, 0.25) is 10.0 Å². The van der Waals surface area contributed by atoms with Crippen molar-refractivity contribution in [1.29, 1.82) is 0 Å². The van der Waals surface area contributed by atoms with E-state index in [0.29, 0.717) is 22.6 Å². The summed E-state index contributed by atoms with van der Waals surface area (Å²) < 4.78 is 43.2. The van der Waals surface area contributed by atoms with Gasteiger partial charge in [-0.3, -0.25) is 0 Å². The SMILES string of the molecule is COC(=O)c1ccc(C)c(S(=O)(=O)NCc2c(OC)cccc2OC)c1. The highest BCUT2D eigenvalue weighted by Crippen LogP contribution is 2.28. The minimum absolute atomic E-state index is 0.00858. The maximum Gasteiger partial charge on any atom is 0.337 e. The van der Waals surface area contributed by atoms with Gasteiger partial charge < -0.3 is 14.2 Å². The Kier molecular flexibility index (Phi) is 6.23. The number of hydrogen-bond acceptors (Lipinski definition) is 6. The standard InChI is InChI=1S/C18H21NO6S/c1-12-8-9-13(18(20)25-4)10-17(12)26(21,22)19-11-14-15(23-2)6-5-7-16(14)24-3/h5-10,19H,11H2,1-4H3. The predicted octanol–water partition coefficient (Wildman–Crippen LogP) is 2.28. The number of rotatable bonds is 7. The molecular formula is C18H21NO6S. The molecule has 0 radical (unpaired) electrons. The van der Waals surface area contributed by atoms with Crippen LogP contribution in [0.3, 0.4) is 0 Å². The molecule has 0 amide bonds. The molecule has 2 aromatic rings. The van der Waals surface area contributed by atoms with E-state index in [1.165, 1.54) is 33.5 Å². The van der Waals surface area contributed by atoms with Crippen molar-refractivity contribution < 1.29 is 27.4 Å². The summed E-state index contributed by atoms with van der Waals surface area (Å²) in [6.07, 6.45) is 0. The number of hydrogen-bond donors (Lipinski definition) is 1. The second-order valence-corrected chi connectivity index (χ2v) is 7.17. The molecule has 0 aliphatic heterocycles. The maximum atomic E-state index is 12.7. The number of carbonyl (C=O) groups is 1. The normalized spacial score (nSPS) is 11.1. The summed E-state index contributed by atoms with van der Waals surface area (Å²) in [5.74, 6) is 0.409. The fourth-order valence-corrected chi connectivity index (χ4v) is 3.75. The lowest BCUT2D eigenvalue weighted by Gasteiger charge is -2.15. The minimum atomic E-state index is -3.87. The molecule has 2 rings (SSSR count). The van der Waals surface area contributed by atoms with E-state index in [-0.39, 0.29) is 17.0 Å². The number of ether oxygens (including phenoxy) is 3. The van der Waals surface area contributed by atoms with Crippen LogP contribution in [0.1, 0.15) is 21.5 Å². The molecule has 0 unspecified atom stereocenters. The third-order valence-electron chi connectivity index (χ3n) is 3.87. The molecule has 0 aliphatic rings. The Labute approximate surface area is 152 Å². The lowest BCUT2D eigenvalue weighted by molar-refractivity contribution is 0.0600. The fraction of sp³-hybridized carbons (Fsp3) is 0.278. The monoisotopic (exact) mass is 379 g/mol. The molecule has 0 atom stereocenters. The van der Waals surface area contributed by atoms with Crippen LogP contribution in [0.25, 0.3) is 0 Å². The summed E-state index contributed by atoms with van der Waals surface area (Å²) in [6, 6.07) is 9.56. The van der Waals surface area contributed by atoms with E-state index in [2.05, 4.69) is 9.46 Å². The molecule has 0 heterocycles. The van der Waals surface area contributed by atoms with Crippen molar-refractivity contribution in [2.75, 3.05) is 21.3 Å². The predicted molar refractivity (Wildman–Crippen MR) is 96.1 cm³/mol. The summed E-state index contributed by atoms with van der Waals surface area (Å²) in [6.45, 7) is 1.62. The number of sulfonamides is 1. The first-order valence-electron chi connectivity index (χ1n) is 7.72. The number of benzene rings is 2. The highest BCUT2D eigenvalue weighted by molar-refractivity contribution is 7.89. The van der Waals surface area contributed by atoms with E-state index >= 15 is 0 Å². The van der Waals surface area contributed by atoms with Gasteiger partial charge in [0.15, 0.2) is 0 Å². The van der Waals surface area contributed by atoms with Crippen LogP contribution in [0.4, 0.5) is 0 Å². The first-order chi connectivity index (χ1) is 12.3. The van der Waals surface area contributed by atoms with E-state index < -0.39 is 16.0 Å². The Hall–Kier alpha value is -2.58. The Morgan fingerprint density at radius 2 is 1.65 bits per heavy atom. The molecule has 0 saturated carbocycles.